The van der Waals surface area contributed by atoms with Crippen LogP contribution in [-0.4, -0.2) is 23.4 Å². The lowest BCUT2D eigenvalue weighted by Gasteiger charge is -2.55. The summed E-state index contributed by atoms with van der Waals surface area (Å²) < 4.78 is 6.19. The van der Waals surface area contributed by atoms with Crippen LogP contribution in [0.1, 0.15) is 32.4 Å². The summed E-state index contributed by atoms with van der Waals surface area (Å²) in [7, 11) is 0. The van der Waals surface area contributed by atoms with Crippen molar-refractivity contribution in [2.75, 3.05) is 13.2 Å². The standard InChI is InChI=1S/C18H24O3/c1-11-8-12(2)18(9-19)10-21-17(16(11)13(18)3)14-4-6-15(20)7-5-14/h4-8,12-13,16-17,19-20H,9-10H2,1-3H3/t12-,13-,16-,17-,18+/m0/s1. The average Bonchev–Trinajstić information content (AvgIpc) is 2.46. The van der Waals surface area contributed by atoms with Crippen molar-refractivity contribution in [3.05, 3.63) is 41.5 Å². The molecule has 2 bridgehead atoms. The molecular weight excluding hydrogens is 264 g/mol. The summed E-state index contributed by atoms with van der Waals surface area (Å²) in [6.45, 7) is 7.33. The number of aromatic hydroxyl groups is 1. The number of benzene rings is 1. The number of fused-ring (bicyclic) bond motifs is 2. The van der Waals surface area contributed by atoms with Crippen LogP contribution in [0.2, 0.25) is 0 Å². The molecule has 114 valence electrons. The quantitative estimate of drug-likeness (QED) is 0.821. The molecule has 0 amide bonds. The largest absolute Gasteiger partial charge is 0.508 e. The van der Waals surface area contributed by atoms with Crippen molar-refractivity contribution < 1.29 is 14.9 Å². The Hall–Kier alpha value is -1.32. The van der Waals surface area contributed by atoms with Crippen molar-refractivity contribution in [1.82, 2.24) is 0 Å². The fourth-order valence-electron chi connectivity index (χ4n) is 4.25. The Morgan fingerprint density at radius 3 is 2.52 bits per heavy atom. The van der Waals surface area contributed by atoms with Gasteiger partial charge in [0.15, 0.2) is 0 Å². The van der Waals surface area contributed by atoms with E-state index < -0.39 is 0 Å². The van der Waals surface area contributed by atoms with Crippen molar-refractivity contribution >= 4 is 0 Å². The molecule has 1 heterocycles. The van der Waals surface area contributed by atoms with Crippen LogP contribution >= 0.6 is 0 Å². The fraction of sp³-hybridized carbons (Fsp3) is 0.556. The minimum Gasteiger partial charge on any atom is -0.508 e. The molecule has 0 saturated carbocycles. The molecule has 3 rings (SSSR count). The zero-order valence-corrected chi connectivity index (χ0v) is 12.9. The molecule has 0 radical (unpaired) electrons. The lowest BCUT2D eigenvalue weighted by molar-refractivity contribution is -0.165. The predicted molar refractivity (Wildman–Crippen MR) is 81.9 cm³/mol. The predicted octanol–water partition coefficient (Wildman–Crippen LogP) is 3.29. The molecule has 3 heteroatoms. The van der Waals surface area contributed by atoms with E-state index >= 15 is 0 Å². The monoisotopic (exact) mass is 288 g/mol. The molecular formula is C18H24O3. The summed E-state index contributed by atoms with van der Waals surface area (Å²) in [5.41, 5.74) is 2.27. The van der Waals surface area contributed by atoms with Crippen LogP contribution in [0.15, 0.2) is 35.9 Å². The summed E-state index contributed by atoms with van der Waals surface area (Å²) in [6.07, 6.45) is 2.31. The number of allylic oxidation sites excluding steroid dienone is 1. The highest BCUT2D eigenvalue weighted by Crippen LogP contribution is 2.55. The van der Waals surface area contributed by atoms with E-state index in [2.05, 4.69) is 26.8 Å². The summed E-state index contributed by atoms with van der Waals surface area (Å²) >= 11 is 0. The summed E-state index contributed by atoms with van der Waals surface area (Å²) in [6, 6.07) is 7.29. The number of hydrogen-bond acceptors (Lipinski definition) is 3. The number of aliphatic hydroxyl groups is 1. The first-order chi connectivity index (χ1) is 9.99. The zero-order chi connectivity index (χ0) is 15.2. The first-order valence-electron chi connectivity index (χ1n) is 7.69. The Morgan fingerprint density at radius 1 is 1.24 bits per heavy atom. The number of phenolic OH excluding ortho intramolecular Hbond substituents is 1. The molecule has 2 N–H and O–H groups in total. The fourth-order valence-corrected chi connectivity index (χ4v) is 4.25. The molecule has 0 unspecified atom stereocenters. The van der Waals surface area contributed by atoms with Crippen molar-refractivity contribution in [3.8, 4) is 5.75 Å². The number of hydrogen-bond donors (Lipinski definition) is 2. The van der Waals surface area contributed by atoms with Crippen molar-refractivity contribution in [3.63, 3.8) is 0 Å². The molecule has 0 aromatic heterocycles. The molecule has 5 atom stereocenters. The summed E-state index contributed by atoms with van der Waals surface area (Å²) in [4.78, 5) is 0. The lowest BCUT2D eigenvalue weighted by Crippen LogP contribution is -2.53. The van der Waals surface area contributed by atoms with E-state index in [1.807, 2.05) is 12.1 Å². The molecule has 1 aliphatic carbocycles. The van der Waals surface area contributed by atoms with Gasteiger partial charge in [0.25, 0.3) is 0 Å². The smallest absolute Gasteiger partial charge is 0.115 e. The first-order valence-corrected chi connectivity index (χ1v) is 7.69. The van der Waals surface area contributed by atoms with Gasteiger partial charge in [-0.25, -0.2) is 0 Å². The Bertz CT molecular complexity index is 548. The van der Waals surface area contributed by atoms with Gasteiger partial charge < -0.3 is 14.9 Å². The topological polar surface area (TPSA) is 49.7 Å². The van der Waals surface area contributed by atoms with Gasteiger partial charge in [-0.05, 0) is 36.5 Å². The number of phenols is 1. The second kappa shape index (κ2) is 5.15. The Morgan fingerprint density at radius 2 is 1.90 bits per heavy atom. The highest BCUT2D eigenvalue weighted by Gasteiger charge is 2.53. The zero-order valence-electron chi connectivity index (χ0n) is 12.9. The van der Waals surface area contributed by atoms with Gasteiger partial charge >= 0.3 is 0 Å². The minimum atomic E-state index is -0.169. The first kappa shape index (κ1) is 14.6. The third-order valence-electron chi connectivity index (χ3n) is 5.76. The van der Waals surface area contributed by atoms with Gasteiger partial charge in [0.2, 0.25) is 0 Å². The highest BCUT2D eigenvalue weighted by molar-refractivity contribution is 5.31. The van der Waals surface area contributed by atoms with Crippen LogP contribution in [0.4, 0.5) is 0 Å². The van der Waals surface area contributed by atoms with E-state index in [4.69, 9.17) is 4.74 Å². The van der Waals surface area contributed by atoms with Crippen LogP contribution in [0.3, 0.4) is 0 Å². The maximum Gasteiger partial charge on any atom is 0.115 e. The Balaban J connectivity index is 2.01. The molecule has 1 aliphatic heterocycles. The molecule has 1 fully saturated rings. The normalized spacial score (nSPS) is 39.0. The Kier molecular flexibility index (Phi) is 3.58. The molecule has 1 aromatic rings. The van der Waals surface area contributed by atoms with Gasteiger partial charge in [-0.2, -0.15) is 0 Å². The molecule has 1 aromatic carbocycles. The van der Waals surface area contributed by atoms with Crippen LogP contribution in [-0.2, 0) is 4.74 Å². The molecule has 3 nitrogen and oxygen atoms in total. The van der Waals surface area contributed by atoms with Gasteiger partial charge in [0.1, 0.15) is 5.75 Å². The van der Waals surface area contributed by atoms with E-state index in [-0.39, 0.29) is 29.8 Å². The highest BCUT2D eigenvalue weighted by atomic mass is 16.5. The molecule has 2 aliphatic rings. The molecule has 1 saturated heterocycles. The SMILES string of the molecule is CC1=C[C@H](C)[C@@]2(CO)CO[C@@H](c3ccc(O)cc3)[C@@H]1[C@@H]2C. The van der Waals surface area contributed by atoms with Gasteiger partial charge in [0.05, 0.1) is 19.3 Å². The van der Waals surface area contributed by atoms with Crippen molar-refractivity contribution in [1.29, 1.82) is 0 Å². The van der Waals surface area contributed by atoms with Gasteiger partial charge in [-0.15, -0.1) is 0 Å². The summed E-state index contributed by atoms with van der Waals surface area (Å²) in [5.74, 6) is 1.26. The van der Waals surface area contributed by atoms with Crippen LogP contribution in [0.25, 0.3) is 0 Å². The third-order valence-corrected chi connectivity index (χ3v) is 5.76. The van der Waals surface area contributed by atoms with Crippen LogP contribution in [0, 0.1) is 23.2 Å². The maximum absolute atomic E-state index is 9.97. The van der Waals surface area contributed by atoms with E-state index in [0.29, 0.717) is 18.4 Å². The lowest BCUT2D eigenvalue weighted by atomic mass is 9.56. The van der Waals surface area contributed by atoms with Crippen molar-refractivity contribution in [2.24, 2.45) is 23.2 Å². The number of aliphatic hydroxyl groups excluding tert-OH is 1. The third kappa shape index (κ3) is 2.11. The Labute approximate surface area is 126 Å². The van der Waals surface area contributed by atoms with E-state index in [0.717, 1.165) is 5.56 Å². The second-order valence-electron chi connectivity index (χ2n) is 6.73. The number of ether oxygens (including phenoxy) is 1. The van der Waals surface area contributed by atoms with Crippen LogP contribution in [0.5, 0.6) is 5.75 Å². The van der Waals surface area contributed by atoms with Gasteiger partial charge in [0, 0.05) is 11.3 Å². The van der Waals surface area contributed by atoms with E-state index in [1.165, 1.54) is 5.57 Å². The van der Waals surface area contributed by atoms with Crippen LogP contribution < -0.4 is 0 Å². The molecule has 0 spiro atoms. The molecule has 21 heavy (non-hydrogen) atoms. The van der Waals surface area contributed by atoms with Gasteiger partial charge in [-0.3, -0.25) is 0 Å². The average molecular weight is 288 g/mol. The maximum atomic E-state index is 9.97. The second-order valence-corrected chi connectivity index (χ2v) is 6.73. The van der Waals surface area contributed by atoms with E-state index in [9.17, 15) is 10.2 Å². The van der Waals surface area contributed by atoms with Gasteiger partial charge in [-0.1, -0.05) is 37.6 Å². The minimum absolute atomic E-state index is 0.00373. The number of rotatable bonds is 2. The van der Waals surface area contributed by atoms with Crippen molar-refractivity contribution in [2.45, 2.75) is 26.9 Å². The van der Waals surface area contributed by atoms with E-state index in [1.54, 1.807) is 12.1 Å². The summed E-state index contributed by atoms with van der Waals surface area (Å²) in [5, 5.41) is 19.4.